The third-order valence-corrected chi connectivity index (χ3v) is 3.51. The molecule has 0 unspecified atom stereocenters. The Kier molecular flexibility index (Phi) is 5.20. The third-order valence-electron chi connectivity index (χ3n) is 3.51. The summed E-state index contributed by atoms with van der Waals surface area (Å²) < 4.78 is 82.3. The molecule has 0 bridgehead atoms. The fourth-order valence-electron chi connectivity index (χ4n) is 2.33. The highest BCUT2D eigenvalue weighted by Gasteiger charge is 2.37. The van der Waals surface area contributed by atoms with Gasteiger partial charge in [0.05, 0.1) is 23.8 Å². The van der Waals surface area contributed by atoms with E-state index in [1.54, 1.807) is 13.0 Å². The number of ether oxygens (including phenoxy) is 1. The van der Waals surface area contributed by atoms with Crippen LogP contribution in [0.2, 0.25) is 0 Å². The Labute approximate surface area is 144 Å². The molecule has 26 heavy (non-hydrogen) atoms. The van der Waals surface area contributed by atoms with Crippen molar-refractivity contribution in [3.8, 4) is 5.75 Å². The normalized spacial score (nSPS) is 12.0. The average molecular weight is 377 g/mol. The van der Waals surface area contributed by atoms with Gasteiger partial charge in [0.1, 0.15) is 5.75 Å². The largest absolute Gasteiger partial charge is 0.496 e. The van der Waals surface area contributed by atoms with E-state index in [0.29, 0.717) is 17.7 Å². The van der Waals surface area contributed by atoms with E-state index in [0.717, 1.165) is 0 Å². The van der Waals surface area contributed by atoms with E-state index in [2.05, 4.69) is 5.32 Å². The number of hydrogen-bond donors (Lipinski definition) is 1. The number of carbonyl (C=O) groups is 1. The zero-order chi connectivity index (χ0) is 19.7. The molecule has 2 aromatic carbocycles. The van der Waals surface area contributed by atoms with Crippen molar-refractivity contribution in [2.75, 3.05) is 12.4 Å². The van der Waals surface area contributed by atoms with Crippen LogP contribution in [0.3, 0.4) is 0 Å². The molecule has 1 N–H and O–H groups in total. The van der Waals surface area contributed by atoms with Crippen molar-refractivity contribution in [3.63, 3.8) is 0 Å². The molecular formula is C17H13F6NO2. The summed E-state index contributed by atoms with van der Waals surface area (Å²) in [4.78, 5) is 12.3. The highest BCUT2D eigenvalue weighted by Crippen LogP contribution is 2.37. The van der Waals surface area contributed by atoms with Gasteiger partial charge in [-0.05, 0) is 36.8 Å². The zero-order valence-corrected chi connectivity index (χ0v) is 13.5. The van der Waals surface area contributed by atoms with Gasteiger partial charge in [-0.25, -0.2) is 0 Å². The minimum absolute atomic E-state index is 0.0110. The highest BCUT2D eigenvalue weighted by molar-refractivity contribution is 6.06. The second kappa shape index (κ2) is 6.89. The minimum Gasteiger partial charge on any atom is -0.496 e. The summed E-state index contributed by atoms with van der Waals surface area (Å²) in [5.41, 5.74) is -3.09. The van der Waals surface area contributed by atoms with Gasteiger partial charge in [-0.1, -0.05) is 12.1 Å². The van der Waals surface area contributed by atoms with E-state index < -0.39 is 35.1 Å². The number of benzene rings is 2. The molecular weight excluding hydrogens is 364 g/mol. The van der Waals surface area contributed by atoms with Crippen molar-refractivity contribution < 1.29 is 35.9 Å². The lowest BCUT2D eigenvalue weighted by atomic mass is 10.1. The standard InChI is InChI=1S/C17H13F6NO2/c1-9-4-3-5-13(14(9)26-2)15(25)24-12-7-10(16(18,19)20)6-11(8-12)17(21,22)23/h3-8H,1-2H3,(H,24,25). The average Bonchev–Trinajstić information content (AvgIpc) is 2.52. The summed E-state index contributed by atoms with van der Waals surface area (Å²) in [7, 11) is 1.30. The number of alkyl halides is 6. The van der Waals surface area contributed by atoms with E-state index in [4.69, 9.17) is 4.74 Å². The predicted octanol–water partition coefficient (Wildman–Crippen LogP) is 5.29. The molecule has 0 spiro atoms. The Morgan fingerprint density at radius 3 is 1.96 bits per heavy atom. The molecule has 3 nitrogen and oxygen atoms in total. The third kappa shape index (κ3) is 4.27. The molecule has 0 saturated carbocycles. The molecule has 1 amide bonds. The van der Waals surface area contributed by atoms with E-state index in [9.17, 15) is 31.1 Å². The van der Waals surface area contributed by atoms with Gasteiger partial charge in [-0.3, -0.25) is 4.79 Å². The first-order chi connectivity index (χ1) is 11.9. The van der Waals surface area contributed by atoms with Crippen molar-refractivity contribution in [2.45, 2.75) is 19.3 Å². The van der Waals surface area contributed by atoms with Gasteiger partial charge in [-0.15, -0.1) is 0 Å². The SMILES string of the molecule is COc1c(C)cccc1C(=O)Nc1cc(C(F)(F)F)cc(C(F)(F)F)c1. The molecule has 0 fully saturated rings. The quantitative estimate of drug-likeness (QED) is 0.738. The molecule has 0 aliphatic carbocycles. The van der Waals surface area contributed by atoms with E-state index in [1.165, 1.54) is 19.2 Å². The lowest BCUT2D eigenvalue weighted by Gasteiger charge is -2.16. The molecule has 2 aromatic rings. The second-order valence-corrected chi connectivity index (χ2v) is 5.40. The van der Waals surface area contributed by atoms with Gasteiger partial charge in [0.25, 0.3) is 5.91 Å². The number of amides is 1. The van der Waals surface area contributed by atoms with Crippen molar-refractivity contribution >= 4 is 11.6 Å². The summed E-state index contributed by atoms with van der Waals surface area (Å²) in [6.07, 6.45) is -10.00. The molecule has 2 rings (SSSR count). The van der Waals surface area contributed by atoms with Gasteiger partial charge in [0.15, 0.2) is 0 Å². The zero-order valence-electron chi connectivity index (χ0n) is 13.5. The maximum Gasteiger partial charge on any atom is 0.416 e. The maximum absolute atomic E-state index is 12.9. The number of rotatable bonds is 3. The van der Waals surface area contributed by atoms with Crippen LogP contribution in [0.1, 0.15) is 27.0 Å². The topological polar surface area (TPSA) is 38.3 Å². The van der Waals surface area contributed by atoms with Crippen LogP contribution >= 0.6 is 0 Å². The van der Waals surface area contributed by atoms with Crippen molar-refractivity contribution in [1.82, 2.24) is 0 Å². The van der Waals surface area contributed by atoms with Crippen LogP contribution in [0.15, 0.2) is 36.4 Å². The van der Waals surface area contributed by atoms with Crippen molar-refractivity contribution in [3.05, 3.63) is 58.7 Å². The van der Waals surface area contributed by atoms with Gasteiger partial charge in [0.2, 0.25) is 0 Å². The Morgan fingerprint density at radius 2 is 1.50 bits per heavy atom. The van der Waals surface area contributed by atoms with E-state index in [1.807, 2.05) is 0 Å². The van der Waals surface area contributed by atoms with Gasteiger partial charge >= 0.3 is 12.4 Å². The second-order valence-electron chi connectivity index (χ2n) is 5.40. The van der Waals surface area contributed by atoms with Crippen LogP contribution in [-0.2, 0) is 12.4 Å². The summed E-state index contributed by atoms with van der Waals surface area (Å²) in [5, 5.41) is 2.07. The van der Waals surface area contributed by atoms with Crippen LogP contribution in [0.25, 0.3) is 0 Å². The van der Waals surface area contributed by atoms with Crippen LogP contribution in [0.4, 0.5) is 32.0 Å². The predicted molar refractivity (Wildman–Crippen MR) is 82.1 cm³/mol. The fourth-order valence-corrected chi connectivity index (χ4v) is 2.33. The maximum atomic E-state index is 12.9. The van der Waals surface area contributed by atoms with Crippen LogP contribution in [0, 0.1) is 6.92 Å². The number of aryl methyl sites for hydroxylation is 1. The molecule has 0 aromatic heterocycles. The number of halogens is 6. The van der Waals surface area contributed by atoms with Gasteiger partial charge < -0.3 is 10.1 Å². The van der Waals surface area contributed by atoms with E-state index >= 15 is 0 Å². The van der Waals surface area contributed by atoms with Crippen LogP contribution in [0.5, 0.6) is 5.75 Å². The highest BCUT2D eigenvalue weighted by atomic mass is 19.4. The number of hydrogen-bond acceptors (Lipinski definition) is 2. The number of carbonyl (C=O) groups excluding carboxylic acids is 1. The summed E-state index contributed by atoms with van der Waals surface area (Å²) in [5.74, 6) is -0.717. The first kappa shape index (κ1) is 19.6. The number of anilines is 1. The van der Waals surface area contributed by atoms with Crippen LogP contribution in [-0.4, -0.2) is 13.0 Å². The molecule has 0 aliphatic rings. The molecule has 0 aliphatic heterocycles. The number of para-hydroxylation sites is 1. The first-order valence-corrected chi connectivity index (χ1v) is 7.18. The Bertz CT molecular complexity index is 795. The fraction of sp³-hybridized carbons (Fsp3) is 0.235. The molecule has 0 heterocycles. The van der Waals surface area contributed by atoms with Crippen LogP contribution < -0.4 is 10.1 Å². The molecule has 9 heteroatoms. The van der Waals surface area contributed by atoms with Crippen molar-refractivity contribution in [1.29, 1.82) is 0 Å². The van der Waals surface area contributed by atoms with E-state index in [-0.39, 0.29) is 17.4 Å². The lowest BCUT2D eigenvalue weighted by Crippen LogP contribution is -2.16. The Morgan fingerprint density at radius 1 is 0.962 bits per heavy atom. The smallest absolute Gasteiger partial charge is 0.416 e. The Balaban J connectivity index is 2.46. The molecule has 0 radical (unpaired) electrons. The van der Waals surface area contributed by atoms with Gasteiger partial charge in [-0.2, -0.15) is 26.3 Å². The number of nitrogens with one attached hydrogen (secondary N) is 1. The number of methoxy groups -OCH3 is 1. The van der Waals surface area contributed by atoms with Crippen molar-refractivity contribution in [2.24, 2.45) is 0 Å². The minimum atomic E-state index is -5.00. The van der Waals surface area contributed by atoms with Gasteiger partial charge in [0, 0.05) is 5.69 Å². The Hall–Kier alpha value is -2.71. The summed E-state index contributed by atoms with van der Waals surface area (Å²) in [6.45, 7) is 1.64. The lowest BCUT2D eigenvalue weighted by molar-refractivity contribution is -0.143. The monoisotopic (exact) mass is 377 g/mol. The molecule has 0 atom stereocenters. The first-order valence-electron chi connectivity index (χ1n) is 7.18. The molecule has 0 saturated heterocycles. The summed E-state index contributed by atoms with van der Waals surface area (Å²) in [6, 6.07) is 5.37. The summed E-state index contributed by atoms with van der Waals surface area (Å²) >= 11 is 0. The molecule has 140 valence electrons.